The first kappa shape index (κ1) is 19.0. The van der Waals surface area contributed by atoms with E-state index in [9.17, 15) is 9.59 Å². The predicted molar refractivity (Wildman–Crippen MR) is 102 cm³/mol. The third-order valence-corrected chi connectivity index (χ3v) is 4.63. The van der Waals surface area contributed by atoms with Gasteiger partial charge in [0.25, 0.3) is 5.91 Å². The lowest BCUT2D eigenvalue weighted by molar-refractivity contribution is -0.150. The average molecular weight is 367 g/mol. The summed E-state index contributed by atoms with van der Waals surface area (Å²) < 4.78 is 10.6. The smallest absolute Gasteiger partial charge is 0.344 e. The number of carbonyl (C=O) groups is 2. The van der Waals surface area contributed by atoms with Gasteiger partial charge in [-0.2, -0.15) is 0 Å². The molecule has 2 aromatic carbocycles. The number of rotatable bonds is 9. The molecule has 0 bridgehead atoms. The van der Waals surface area contributed by atoms with Gasteiger partial charge in [-0.15, -0.1) is 0 Å². The summed E-state index contributed by atoms with van der Waals surface area (Å²) >= 11 is 0. The Morgan fingerprint density at radius 2 is 1.74 bits per heavy atom. The number of amides is 1. The number of esters is 1. The summed E-state index contributed by atoms with van der Waals surface area (Å²) in [5.74, 6) is 0.275. The third-order valence-electron chi connectivity index (χ3n) is 4.63. The van der Waals surface area contributed by atoms with Crippen molar-refractivity contribution >= 4 is 11.9 Å². The highest BCUT2D eigenvalue weighted by Crippen LogP contribution is 2.40. The number of benzene rings is 2. The van der Waals surface area contributed by atoms with Gasteiger partial charge < -0.3 is 14.8 Å². The predicted octanol–water partition coefficient (Wildman–Crippen LogP) is 3.44. The molecule has 5 nitrogen and oxygen atoms in total. The quantitative estimate of drug-likeness (QED) is 0.690. The first-order valence-electron chi connectivity index (χ1n) is 9.38. The van der Waals surface area contributed by atoms with Gasteiger partial charge in [-0.1, -0.05) is 55.5 Å². The summed E-state index contributed by atoms with van der Waals surface area (Å²) in [6, 6.07) is 17.4. The topological polar surface area (TPSA) is 64.6 Å². The second-order valence-corrected chi connectivity index (χ2v) is 6.70. The van der Waals surface area contributed by atoms with Gasteiger partial charge in [-0.25, -0.2) is 4.79 Å². The first-order chi connectivity index (χ1) is 13.2. The molecule has 2 aromatic rings. The van der Waals surface area contributed by atoms with Crippen molar-refractivity contribution in [2.75, 3.05) is 13.2 Å². The van der Waals surface area contributed by atoms with Crippen molar-refractivity contribution in [1.82, 2.24) is 5.32 Å². The van der Waals surface area contributed by atoms with Gasteiger partial charge >= 0.3 is 5.97 Å². The minimum atomic E-state index is -0.557. The number of hydrogen-bond donors (Lipinski definition) is 1. The van der Waals surface area contributed by atoms with Crippen molar-refractivity contribution in [2.45, 2.75) is 32.2 Å². The van der Waals surface area contributed by atoms with Gasteiger partial charge in [0, 0.05) is 0 Å². The van der Waals surface area contributed by atoms with Crippen molar-refractivity contribution in [2.24, 2.45) is 5.92 Å². The van der Waals surface area contributed by atoms with Gasteiger partial charge in [-0.05, 0) is 42.4 Å². The highest BCUT2D eigenvalue weighted by molar-refractivity contribution is 5.81. The Balaban J connectivity index is 1.45. The number of para-hydroxylation sites is 1. The average Bonchev–Trinajstić information content (AvgIpc) is 3.55. The molecule has 1 aliphatic rings. The Labute approximate surface area is 159 Å². The minimum Gasteiger partial charge on any atom is -0.482 e. The van der Waals surface area contributed by atoms with Crippen molar-refractivity contribution in [3.05, 3.63) is 65.7 Å². The van der Waals surface area contributed by atoms with Crippen molar-refractivity contribution in [3.8, 4) is 5.75 Å². The molecule has 0 aromatic heterocycles. The van der Waals surface area contributed by atoms with Crippen LogP contribution in [0, 0.1) is 5.92 Å². The summed E-state index contributed by atoms with van der Waals surface area (Å²) in [6.45, 7) is 1.51. The molecule has 142 valence electrons. The lowest BCUT2D eigenvalue weighted by atomic mass is 10.0. The highest BCUT2D eigenvalue weighted by Gasteiger charge is 2.33. The molecule has 1 unspecified atom stereocenters. The fraction of sp³-hybridized carbons (Fsp3) is 0.364. The van der Waals surface area contributed by atoms with Crippen LogP contribution in [-0.2, 0) is 20.7 Å². The maximum absolute atomic E-state index is 12.2. The van der Waals surface area contributed by atoms with E-state index in [2.05, 4.69) is 5.32 Å². The van der Waals surface area contributed by atoms with Gasteiger partial charge in [0.15, 0.2) is 13.2 Å². The van der Waals surface area contributed by atoms with Gasteiger partial charge in [0.1, 0.15) is 5.75 Å². The zero-order valence-corrected chi connectivity index (χ0v) is 15.5. The van der Waals surface area contributed by atoms with Crippen LogP contribution in [0.4, 0.5) is 0 Å². The van der Waals surface area contributed by atoms with Crippen LogP contribution in [0.25, 0.3) is 0 Å². The molecule has 1 N–H and O–H groups in total. The molecule has 1 saturated carbocycles. The fourth-order valence-corrected chi connectivity index (χ4v) is 3.04. The summed E-state index contributed by atoms with van der Waals surface area (Å²) in [6.07, 6.45) is 3.02. The molecule has 0 saturated heterocycles. The van der Waals surface area contributed by atoms with E-state index >= 15 is 0 Å². The standard InChI is InChI=1S/C22H25NO4/c1-2-16-8-6-7-11-19(16)26-15-21(25)27-14-20(24)23-22(18-12-13-18)17-9-4-3-5-10-17/h3-11,18,22H,2,12-15H2,1H3,(H,23,24). The van der Waals surface area contributed by atoms with E-state index in [1.165, 1.54) is 0 Å². The summed E-state index contributed by atoms with van der Waals surface area (Å²) in [5.41, 5.74) is 2.11. The summed E-state index contributed by atoms with van der Waals surface area (Å²) in [5, 5.41) is 2.99. The number of aryl methyl sites for hydroxylation is 1. The van der Waals surface area contributed by atoms with Crippen molar-refractivity contribution in [1.29, 1.82) is 0 Å². The zero-order valence-electron chi connectivity index (χ0n) is 15.5. The second-order valence-electron chi connectivity index (χ2n) is 6.70. The van der Waals surface area contributed by atoms with Crippen molar-refractivity contribution < 1.29 is 19.1 Å². The van der Waals surface area contributed by atoms with Crippen LogP contribution in [-0.4, -0.2) is 25.1 Å². The molecule has 3 rings (SSSR count). The Morgan fingerprint density at radius 1 is 1.04 bits per heavy atom. The van der Waals surface area contributed by atoms with Crippen LogP contribution in [0.1, 0.15) is 36.9 Å². The van der Waals surface area contributed by atoms with Gasteiger partial charge in [0.05, 0.1) is 6.04 Å². The number of nitrogens with one attached hydrogen (secondary N) is 1. The van der Waals surface area contributed by atoms with Crippen LogP contribution in [0.2, 0.25) is 0 Å². The molecule has 0 spiro atoms. The van der Waals surface area contributed by atoms with Crippen molar-refractivity contribution in [3.63, 3.8) is 0 Å². The van der Waals surface area contributed by atoms with E-state index in [-0.39, 0.29) is 25.2 Å². The van der Waals surface area contributed by atoms with E-state index in [0.29, 0.717) is 11.7 Å². The van der Waals surface area contributed by atoms with Crippen LogP contribution < -0.4 is 10.1 Å². The van der Waals surface area contributed by atoms with Gasteiger partial charge in [-0.3, -0.25) is 4.79 Å². The first-order valence-corrected chi connectivity index (χ1v) is 9.38. The van der Waals surface area contributed by atoms with Crippen LogP contribution in [0.15, 0.2) is 54.6 Å². The Bertz CT molecular complexity index is 771. The number of ether oxygens (including phenoxy) is 2. The minimum absolute atomic E-state index is 0.0231. The number of hydrogen-bond acceptors (Lipinski definition) is 4. The highest BCUT2D eigenvalue weighted by atomic mass is 16.6. The molecule has 0 aliphatic heterocycles. The molecule has 1 fully saturated rings. The van der Waals surface area contributed by atoms with Crippen LogP contribution in [0.3, 0.4) is 0 Å². The molecular formula is C22H25NO4. The summed E-state index contributed by atoms with van der Waals surface area (Å²) in [7, 11) is 0. The van der Waals surface area contributed by atoms with E-state index in [1.807, 2.05) is 61.5 Å². The Hall–Kier alpha value is -2.82. The lowest BCUT2D eigenvalue weighted by Crippen LogP contribution is -2.34. The monoisotopic (exact) mass is 367 g/mol. The molecule has 0 radical (unpaired) electrons. The molecular weight excluding hydrogens is 342 g/mol. The van der Waals surface area contributed by atoms with E-state index in [4.69, 9.17) is 9.47 Å². The molecule has 27 heavy (non-hydrogen) atoms. The Morgan fingerprint density at radius 3 is 2.44 bits per heavy atom. The fourth-order valence-electron chi connectivity index (χ4n) is 3.04. The number of carbonyl (C=O) groups excluding carboxylic acids is 2. The van der Waals surface area contributed by atoms with E-state index in [1.54, 1.807) is 0 Å². The third kappa shape index (κ3) is 5.58. The normalized spacial score (nSPS) is 14.3. The SMILES string of the molecule is CCc1ccccc1OCC(=O)OCC(=O)NC(c1ccccc1)C1CC1. The molecule has 5 heteroatoms. The van der Waals surface area contributed by atoms with Gasteiger partial charge in [0.2, 0.25) is 0 Å². The Kier molecular flexibility index (Phi) is 6.47. The molecule has 1 aliphatic carbocycles. The lowest BCUT2D eigenvalue weighted by Gasteiger charge is -2.18. The molecule has 1 amide bonds. The van der Waals surface area contributed by atoms with E-state index < -0.39 is 5.97 Å². The largest absolute Gasteiger partial charge is 0.482 e. The van der Waals surface area contributed by atoms with Crippen LogP contribution >= 0.6 is 0 Å². The van der Waals surface area contributed by atoms with Crippen LogP contribution in [0.5, 0.6) is 5.75 Å². The van der Waals surface area contributed by atoms with E-state index in [0.717, 1.165) is 30.4 Å². The summed E-state index contributed by atoms with van der Waals surface area (Å²) in [4.78, 5) is 24.1. The molecule has 1 atom stereocenters. The maximum Gasteiger partial charge on any atom is 0.344 e. The zero-order chi connectivity index (χ0) is 19.1. The second kappa shape index (κ2) is 9.21. The maximum atomic E-state index is 12.2. The molecule has 0 heterocycles.